The Balaban J connectivity index is 2.37. The van der Waals surface area contributed by atoms with Crippen LogP contribution in [0.3, 0.4) is 0 Å². The molecule has 1 aliphatic heterocycles. The number of rotatable bonds is 5. The first kappa shape index (κ1) is 25.4. The Bertz CT molecular complexity index is 1100. The molecule has 2 aromatic rings. The number of nitriles is 1. The van der Waals surface area contributed by atoms with Crippen molar-refractivity contribution in [3.05, 3.63) is 69.2 Å². The van der Waals surface area contributed by atoms with Crippen molar-refractivity contribution in [2.24, 2.45) is 5.41 Å². The fourth-order valence-corrected chi connectivity index (χ4v) is 5.18. The minimum Gasteiger partial charge on any atom is -0.355 e. The highest BCUT2D eigenvalue weighted by atomic mass is 35.5. The molecule has 1 saturated heterocycles. The summed E-state index contributed by atoms with van der Waals surface area (Å²) in [5.74, 6) is -2.86. The zero-order valence-electron chi connectivity index (χ0n) is 19.0. The van der Waals surface area contributed by atoms with E-state index < -0.39 is 41.0 Å². The van der Waals surface area contributed by atoms with Crippen molar-refractivity contribution in [1.29, 1.82) is 5.26 Å². The number of hydrogen-bond donors (Lipinski definition) is 2. The van der Waals surface area contributed by atoms with Gasteiger partial charge in [-0.15, -0.1) is 0 Å². The van der Waals surface area contributed by atoms with Gasteiger partial charge in [-0.2, -0.15) is 5.26 Å². The van der Waals surface area contributed by atoms with Crippen LogP contribution in [0, 0.1) is 28.4 Å². The topological polar surface area (TPSA) is 64.9 Å². The molecule has 33 heavy (non-hydrogen) atoms. The number of nitrogens with one attached hydrogen (secondary N) is 2. The van der Waals surface area contributed by atoms with Crippen molar-refractivity contribution in [3.63, 3.8) is 0 Å². The third-order valence-corrected chi connectivity index (χ3v) is 6.61. The summed E-state index contributed by atoms with van der Waals surface area (Å²) in [6.45, 7) is 8.09. The lowest BCUT2D eigenvalue weighted by Crippen LogP contribution is -2.45. The van der Waals surface area contributed by atoms with E-state index in [0.29, 0.717) is 13.0 Å². The van der Waals surface area contributed by atoms with Gasteiger partial charge in [0.25, 0.3) is 0 Å². The molecule has 0 radical (unpaired) electrons. The number of carbonyl (C=O) groups excluding carboxylic acids is 1. The predicted octanol–water partition coefficient (Wildman–Crippen LogP) is 5.73. The largest absolute Gasteiger partial charge is 0.355 e. The van der Waals surface area contributed by atoms with E-state index in [-0.39, 0.29) is 26.6 Å². The maximum absolute atomic E-state index is 15.4. The van der Waals surface area contributed by atoms with Crippen LogP contribution in [0.15, 0.2) is 36.4 Å². The van der Waals surface area contributed by atoms with Crippen LogP contribution in [0.4, 0.5) is 8.78 Å². The van der Waals surface area contributed by atoms with Crippen molar-refractivity contribution in [2.45, 2.75) is 57.5 Å². The summed E-state index contributed by atoms with van der Waals surface area (Å²) in [5, 5.41) is 16.7. The van der Waals surface area contributed by atoms with E-state index in [2.05, 4.69) is 16.7 Å². The first-order chi connectivity index (χ1) is 15.5. The molecule has 0 saturated carbocycles. The van der Waals surface area contributed by atoms with Gasteiger partial charge in [0.2, 0.25) is 5.91 Å². The molecule has 3 rings (SSSR count). The Morgan fingerprint density at radius 3 is 2.52 bits per heavy atom. The predicted molar refractivity (Wildman–Crippen MR) is 126 cm³/mol. The summed E-state index contributed by atoms with van der Waals surface area (Å²) < 4.78 is 30.8. The Kier molecular flexibility index (Phi) is 7.38. The summed E-state index contributed by atoms with van der Waals surface area (Å²) in [5.41, 5.74) is -1.75. The van der Waals surface area contributed by atoms with E-state index in [4.69, 9.17) is 23.2 Å². The lowest BCUT2D eigenvalue weighted by Gasteiger charge is -2.37. The van der Waals surface area contributed by atoms with Crippen LogP contribution in [-0.2, 0) is 10.2 Å². The molecular weight excluding hydrogens is 467 g/mol. The summed E-state index contributed by atoms with van der Waals surface area (Å²) in [4.78, 5) is 13.2. The lowest BCUT2D eigenvalue weighted by atomic mass is 9.62. The molecular formula is C25H27Cl2F2N3O. The number of benzene rings is 2. The molecule has 1 amide bonds. The number of likely N-dealkylation sites (N-methyl/N-ethyl adjacent to an activating group) is 1. The Labute approximate surface area is 203 Å². The third kappa shape index (κ3) is 4.73. The molecule has 176 valence electrons. The molecule has 1 fully saturated rings. The minimum absolute atomic E-state index is 0.0623. The zero-order chi connectivity index (χ0) is 24.6. The highest BCUT2D eigenvalue weighted by Gasteiger charge is 2.61. The Hall–Kier alpha value is -2.20. The van der Waals surface area contributed by atoms with E-state index in [0.717, 1.165) is 6.07 Å². The standard InChI is InChI=1S/C25H27Cl2F2N3O/c1-5-31-23(33)22-20(15-7-6-8-17(27)21(15)29)25(13-30,19(32-22)12-24(2,3)4)16-10-9-14(26)11-18(16)28/h6-11,19-20,22,32H,5,12H2,1-4H3,(H,31,33)/t19-,20-,22+,25-/m0/s1. The van der Waals surface area contributed by atoms with Crippen LogP contribution >= 0.6 is 23.2 Å². The summed E-state index contributed by atoms with van der Waals surface area (Å²) in [7, 11) is 0. The van der Waals surface area contributed by atoms with Gasteiger partial charge in [-0.1, -0.05) is 62.2 Å². The first-order valence-corrected chi connectivity index (χ1v) is 11.6. The van der Waals surface area contributed by atoms with Crippen LogP contribution in [-0.4, -0.2) is 24.5 Å². The summed E-state index contributed by atoms with van der Waals surface area (Å²) >= 11 is 12.1. The van der Waals surface area contributed by atoms with Crippen LogP contribution in [0.2, 0.25) is 10.0 Å². The van der Waals surface area contributed by atoms with E-state index >= 15 is 8.78 Å². The van der Waals surface area contributed by atoms with Gasteiger partial charge < -0.3 is 10.6 Å². The molecule has 0 bridgehead atoms. The first-order valence-electron chi connectivity index (χ1n) is 10.8. The fourth-order valence-electron chi connectivity index (χ4n) is 4.84. The molecule has 4 atom stereocenters. The molecule has 2 aromatic carbocycles. The van der Waals surface area contributed by atoms with Crippen LogP contribution < -0.4 is 10.6 Å². The van der Waals surface area contributed by atoms with Crippen LogP contribution in [0.25, 0.3) is 0 Å². The van der Waals surface area contributed by atoms with Gasteiger partial charge in [-0.25, -0.2) is 8.78 Å². The highest BCUT2D eigenvalue weighted by molar-refractivity contribution is 6.31. The van der Waals surface area contributed by atoms with Gasteiger partial charge in [-0.3, -0.25) is 4.79 Å². The smallest absolute Gasteiger partial charge is 0.237 e. The van der Waals surface area contributed by atoms with Crippen molar-refractivity contribution >= 4 is 29.1 Å². The van der Waals surface area contributed by atoms with Crippen molar-refractivity contribution in [1.82, 2.24) is 10.6 Å². The average Bonchev–Trinajstić information content (AvgIpc) is 3.03. The molecule has 8 heteroatoms. The fraction of sp³-hybridized carbons (Fsp3) is 0.440. The number of nitrogens with zero attached hydrogens (tertiary/aromatic N) is 1. The normalized spacial score (nSPS) is 25.0. The number of hydrogen-bond acceptors (Lipinski definition) is 3. The zero-order valence-corrected chi connectivity index (χ0v) is 20.5. The maximum Gasteiger partial charge on any atom is 0.237 e. The highest BCUT2D eigenvalue weighted by Crippen LogP contribution is 2.52. The van der Waals surface area contributed by atoms with Gasteiger partial charge in [0.05, 0.1) is 17.1 Å². The van der Waals surface area contributed by atoms with Gasteiger partial charge >= 0.3 is 0 Å². The second kappa shape index (κ2) is 9.58. The second-order valence-corrected chi connectivity index (χ2v) is 10.4. The van der Waals surface area contributed by atoms with E-state index in [1.165, 1.54) is 24.3 Å². The number of carbonyl (C=O) groups is 1. The van der Waals surface area contributed by atoms with Gasteiger partial charge in [0, 0.05) is 29.1 Å². The molecule has 1 aliphatic rings. The molecule has 0 spiro atoms. The van der Waals surface area contributed by atoms with Crippen molar-refractivity contribution < 1.29 is 13.6 Å². The second-order valence-electron chi connectivity index (χ2n) is 9.58. The Morgan fingerprint density at radius 1 is 1.24 bits per heavy atom. The maximum atomic E-state index is 15.4. The van der Waals surface area contributed by atoms with Crippen molar-refractivity contribution in [2.75, 3.05) is 6.54 Å². The van der Waals surface area contributed by atoms with Crippen LogP contribution in [0.5, 0.6) is 0 Å². The molecule has 0 aromatic heterocycles. The molecule has 0 aliphatic carbocycles. The van der Waals surface area contributed by atoms with E-state index in [1.807, 2.05) is 20.8 Å². The van der Waals surface area contributed by atoms with Crippen molar-refractivity contribution in [3.8, 4) is 6.07 Å². The van der Waals surface area contributed by atoms with E-state index in [9.17, 15) is 10.1 Å². The SMILES string of the molecule is CCNC(=O)[C@@H]1N[C@@H](CC(C)(C)C)[C@](C#N)(c2ccc(Cl)cc2F)[C@H]1c1cccc(Cl)c1F. The molecule has 0 unspecified atom stereocenters. The monoisotopic (exact) mass is 493 g/mol. The van der Waals surface area contributed by atoms with Gasteiger partial charge in [-0.05, 0) is 42.5 Å². The number of amides is 1. The average molecular weight is 494 g/mol. The minimum atomic E-state index is -1.61. The Morgan fingerprint density at radius 2 is 1.94 bits per heavy atom. The van der Waals surface area contributed by atoms with Gasteiger partial charge in [0.1, 0.15) is 17.0 Å². The van der Waals surface area contributed by atoms with Crippen LogP contribution in [0.1, 0.15) is 51.2 Å². The lowest BCUT2D eigenvalue weighted by molar-refractivity contribution is -0.123. The third-order valence-electron chi connectivity index (χ3n) is 6.08. The number of halogens is 4. The van der Waals surface area contributed by atoms with E-state index in [1.54, 1.807) is 13.0 Å². The molecule has 2 N–H and O–H groups in total. The van der Waals surface area contributed by atoms with Gasteiger partial charge in [0.15, 0.2) is 0 Å². The quantitative estimate of drug-likeness (QED) is 0.558. The summed E-state index contributed by atoms with van der Waals surface area (Å²) in [6, 6.07) is 9.21. The summed E-state index contributed by atoms with van der Waals surface area (Å²) in [6.07, 6.45) is 0.428. The molecule has 4 nitrogen and oxygen atoms in total. The molecule has 1 heterocycles.